The van der Waals surface area contributed by atoms with Gasteiger partial charge < -0.3 is 9.80 Å². The Kier molecular flexibility index (Phi) is 7.07. The van der Waals surface area contributed by atoms with Crippen LogP contribution < -0.4 is 9.80 Å². The number of anilines is 3. The summed E-state index contributed by atoms with van der Waals surface area (Å²) in [5.41, 5.74) is 11.8. The van der Waals surface area contributed by atoms with E-state index in [1.807, 2.05) is 11.3 Å². The van der Waals surface area contributed by atoms with Crippen molar-refractivity contribution in [1.82, 2.24) is 0 Å². The molecule has 2 nitrogen and oxygen atoms in total. The number of hydrogen-bond donors (Lipinski definition) is 0. The van der Waals surface area contributed by atoms with Gasteiger partial charge in [0, 0.05) is 66.7 Å². The van der Waals surface area contributed by atoms with E-state index < -0.39 is 0 Å². The summed E-state index contributed by atoms with van der Waals surface area (Å²) < 4.78 is 2.73. The molecule has 0 radical (unpaired) electrons. The minimum absolute atomic E-state index is 0.290. The Bertz CT molecular complexity index is 2340. The van der Waals surface area contributed by atoms with Gasteiger partial charge in [-0.25, -0.2) is 0 Å². The van der Waals surface area contributed by atoms with E-state index in [4.69, 9.17) is 0 Å². The molecule has 1 fully saturated rings. The third kappa shape index (κ3) is 4.81. The maximum Gasteiger partial charge on any atom is 0.0629 e. The zero-order valence-electron chi connectivity index (χ0n) is 29.1. The molecule has 1 aromatic heterocycles. The van der Waals surface area contributed by atoms with Crippen molar-refractivity contribution in [2.24, 2.45) is 11.8 Å². The van der Waals surface area contributed by atoms with Gasteiger partial charge in [-0.1, -0.05) is 116 Å². The molecular weight excluding hydrogens is 637 g/mol. The summed E-state index contributed by atoms with van der Waals surface area (Å²) in [7, 11) is 0. The third-order valence-corrected chi connectivity index (χ3v) is 14.2. The van der Waals surface area contributed by atoms with E-state index >= 15 is 0 Å². The number of hydrogen-bond acceptors (Lipinski definition) is 3. The van der Waals surface area contributed by atoms with Gasteiger partial charge in [-0.15, -0.1) is 11.3 Å². The van der Waals surface area contributed by atoms with Crippen LogP contribution in [0, 0.1) is 11.8 Å². The van der Waals surface area contributed by atoms with Gasteiger partial charge in [0.2, 0.25) is 0 Å². The van der Waals surface area contributed by atoms with Crippen molar-refractivity contribution in [2.45, 2.75) is 75.3 Å². The van der Waals surface area contributed by atoms with Gasteiger partial charge in [0.05, 0.1) is 6.04 Å². The average Bonchev–Trinajstić information content (AvgIpc) is 3.85. The van der Waals surface area contributed by atoms with Crippen LogP contribution in [0.1, 0.15) is 74.3 Å². The fraction of sp³-hybridized carbons (Fsp3) is 0.292. The monoisotopic (exact) mass is 680 g/mol. The molecule has 1 saturated carbocycles. The Morgan fingerprint density at radius 2 is 1.39 bits per heavy atom. The van der Waals surface area contributed by atoms with Crippen LogP contribution in [-0.4, -0.2) is 12.1 Å². The van der Waals surface area contributed by atoms with Gasteiger partial charge >= 0.3 is 0 Å². The van der Waals surface area contributed by atoms with E-state index in [-0.39, 0.29) is 6.04 Å². The van der Waals surface area contributed by atoms with Gasteiger partial charge in [-0.2, -0.15) is 0 Å². The normalized spacial score (nSPS) is 26.8. The van der Waals surface area contributed by atoms with Crippen molar-refractivity contribution in [3.05, 3.63) is 161 Å². The Labute approximate surface area is 305 Å². The fourth-order valence-electron chi connectivity index (χ4n) is 10.6. The third-order valence-electron chi connectivity index (χ3n) is 13.0. The molecule has 0 N–H and O–H groups in total. The maximum absolute atomic E-state index is 2.77. The van der Waals surface area contributed by atoms with Crippen LogP contribution in [0.4, 0.5) is 17.1 Å². The summed E-state index contributed by atoms with van der Waals surface area (Å²) in [5, 5.41) is 2.73. The van der Waals surface area contributed by atoms with Crippen LogP contribution in [0.5, 0.6) is 0 Å². The number of rotatable bonds is 4. The van der Waals surface area contributed by atoms with Gasteiger partial charge in [0.25, 0.3) is 0 Å². The second-order valence-electron chi connectivity index (χ2n) is 15.7. The van der Waals surface area contributed by atoms with Gasteiger partial charge in [0.1, 0.15) is 0 Å². The van der Waals surface area contributed by atoms with Gasteiger partial charge in [-0.05, 0) is 96.7 Å². The number of allylic oxidation sites excluding steroid dienone is 8. The molecule has 2 aliphatic heterocycles. The van der Waals surface area contributed by atoms with Crippen molar-refractivity contribution >= 4 is 48.6 Å². The molecule has 5 atom stereocenters. The topological polar surface area (TPSA) is 6.48 Å². The van der Waals surface area contributed by atoms with Crippen molar-refractivity contribution in [1.29, 1.82) is 0 Å². The number of benzene rings is 4. The molecule has 0 saturated heterocycles. The molecule has 5 aromatic rings. The lowest BCUT2D eigenvalue weighted by molar-refractivity contribution is 0.419. The molecule has 0 bridgehead atoms. The smallest absolute Gasteiger partial charge is 0.0629 e. The van der Waals surface area contributed by atoms with Crippen molar-refractivity contribution in [2.75, 3.05) is 9.80 Å². The molecule has 6 aliphatic rings. The number of thiophene rings is 1. The van der Waals surface area contributed by atoms with Crippen LogP contribution in [0.2, 0.25) is 0 Å². The highest BCUT2D eigenvalue weighted by Gasteiger charge is 2.42. The van der Waals surface area contributed by atoms with E-state index in [0.29, 0.717) is 29.7 Å². The van der Waals surface area contributed by atoms with E-state index in [1.54, 1.807) is 16.8 Å². The van der Waals surface area contributed by atoms with Crippen LogP contribution in [0.25, 0.3) is 20.2 Å². The first-order valence-electron chi connectivity index (χ1n) is 19.4. The molecule has 51 heavy (non-hydrogen) atoms. The Hall–Kier alpha value is -4.60. The molecule has 3 heterocycles. The molecule has 252 valence electrons. The Morgan fingerprint density at radius 1 is 0.627 bits per heavy atom. The highest BCUT2D eigenvalue weighted by Crippen LogP contribution is 2.54. The average molecular weight is 681 g/mol. The zero-order chi connectivity index (χ0) is 33.5. The van der Waals surface area contributed by atoms with Crippen molar-refractivity contribution in [3.63, 3.8) is 0 Å². The lowest BCUT2D eigenvalue weighted by atomic mass is 9.75. The van der Waals surface area contributed by atoms with Crippen molar-refractivity contribution in [3.8, 4) is 0 Å². The molecule has 3 heteroatoms. The number of para-hydroxylation sites is 2. The van der Waals surface area contributed by atoms with E-state index in [1.165, 1.54) is 86.9 Å². The highest BCUT2D eigenvalue weighted by molar-refractivity contribution is 7.25. The highest BCUT2D eigenvalue weighted by atomic mass is 32.1. The van der Waals surface area contributed by atoms with Gasteiger partial charge in [0.15, 0.2) is 0 Å². The molecular formula is C48H44N2S. The van der Waals surface area contributed by atoms with Crippen LogP contribution in [-0.2, 0) is 0 Å². The summed E-state index contributed by atoms with van der Waals surface area (Å²) in [5.74, 6) is 1.93. The predicted octanol–water partition coefficient (Wildman–Crippen LogP) is 12.9. The lowest BCUT2D eigenvalue weighted by Crippen LogP contribution is -2.35. The van der Waals surface area contributed by atoms with Crippen molar-refractivity contribution < 1.29 is 0 Å². The molecule has 0 spiro atoms. The maximum atomic E-state index is 2.77. The summed E-state index contributed by atoms with van der Waals surface area (Å²) >= 11 is 1.90. The first-order valence-corrected chi connectivity index (χ1v) is 20.3. The second kappa shape index (κ2) is 12.0. The first-order chi connectivity index (χ1) is 25.3. The lowest BCUT2D eigenvalue weighted by Gasteiger charge is -2.37. The number of nitrogens with zero attached hydrogens (tertiary/aromatic N) is 2. The van der Waals surface area contributed by atoms with Crippen LogP contribution >= 0.6 is 11.3 Å². The Balaban J connectivity index is 0.842. The van der Waals surface area contributed by atoms with Crippen LogP contribution in [0.3, 0.4) is 0 Å². The SMILES string of the molecule is C1=CC2C(C=C1C1C=CC(C3CC=C4C(C3)c3ccccc3N4C3CCCCC3)=CC1)c1ccccc1N2c1ccc2sc3ccccc3c2c1. The first kappa shape index (κ1) is 30.1. The fourth-order valence-corrected chi connectivity index (χ4v) is 11.7. The summed E-state index contributed by atoms with van der Waals surface area (Å²) in [6.45, 7) is 0. The zero-order valence-corrected chi connectivity index (χ0v) is 29.9. The molecule has 4 aliphatic carbocycles. The summed E-state index contributed by atoms with van der Waals surface area (Å²) in [6, 6.07) is 35.3. The predicted molar refractivity (Wildman–Crippen MR) is 216 cm³/mol. The summed E-state index contributed by atoms with van der Waals surface area (Å²) in [6.07, 6.45) is 28.1. The second-order valence-corrected chi connectivity index (χ2v) is 16.8. The van der Waals surface area contributed by atoms with E-state index in [2.05, 4.69) is 143 Å². The van der Waals surface area contributed by atoms with E-state index in [0.717, 1.165) is 12.8 Å². The standard InChI is InChI=1S/C48H44N2S/c1-2-10-35(11-3-1)49-43-15-7-4-12-37(43)40-28-33(22-25-45(40)49)31-18-20-32(21-19-31)34-23-26-46-41(29-34)38-13-5-8-16-44(38)50(46)36-24-27-48-42(30-36)39-14-6-9-17-47(39)51-48/h4-9,12-20,23-27,29-30,32-33,35,40-41,46H,1-3,10-11,21-22,28H2. The van der Waals surface area contributed by atoms with Crippen LogP contribution in [0.15, 0.2) is 150 Å². The summed E-state index contributed by atoms with van der Waals surface area (Å²) in [4.78, 5) is 5.36. The minimum Gasteiger partial charge on any atom is -0.342 e. The molecule has 11 rings (SSSR count). The molecule has 5 unspecified atom stereocenters. The quantitative estimate of drug-likeness (QED) is 0.186. The molecule has 4 aromatic carbocycles. The molecule has 0 amide bonds. The Morgan fingerprint density at radius 3 is 2.25 bits per heavy atom. The largest absolute Gasteiger partial charge is 0.342 e. The number of fused-ring (bicyclic) bond motifs is 9. The minimum atomic E-state index is 0.290. The van der Waals surface area contributed by atoms with E-state index in [9.17, 15) is 0 Å². The van der Waals surface area contributed by atoms with Gasteiger partial charge in [-0.3, -0.25) is 0 Å².